The fraction of sp³-hybridized carbons (Fsp3) is 0.214. The zero-order valence-electron chi connectivity index (χ0n) is 11.5. The van der Waals surface area contributed by atoms with Crippen molar-refractivity contribution < 1.29 is 14.6 Å². The Kier molecular flexibility index (Phi) is 3.84. The third-order valence-corrected chi connectivity index (χ3v) is 2.67. The van der Waals surface area contributed by atoms with Crippen molar-refractivity contribution in [2.75, 3.05) is 12.4 Å². The van der Waals surface area contributed by atoms with Gasteiger partial charge in [-0.1, -0.05) is 6.07 Å². The van der Waals surface area contributed by atoms with Crippen LogP contribution >= 0.6 is 0 Å². The number of hydrogen-bond donors (Lipinski definition) is 2. The highest BCUT2D eigenvalue weighted by Gasteiger charge is 2.10. The largest absolute Gasteiger partial charge is 0.495 e. The van der Waals surface area contributed by atoms with Gasteiger partial charge in [-0.05, 0) is 37.6 Å². The first-order chi connectivity index (χ1) is 9.49. The molecule has 0 radical (unpaired) electrons. The molecule has 1 aromatic carbocycles. The molecule has 2 aromatic rings. The van der Waals surface area contributed by atoms with Gasteiger partial charge in [-0.2, -0.15) is 0 Å². The number of methoxy groups -OCH3 is 1. The van der Waals surface area contributed by atoms with Gasteiger partial charge in [0, 0.05) is 5.69 Å². The molecule has 0 spiro atoms. The number of carboxylic acid groups (broad SMARTS) is 1. The molecule has 0 aliphatic heterocycles. The maximum Gasteiger partial charge on any atom is 0.354 e. The molecule has 1 aromatic heterocycles. The van der Waals surface area contributed by atoms with E-state index in [2.05, 4.69) is 15.3 Å². The van der Waals surface area contributed by atoms with E-state index in [1.165, 1.54) is 6.07 Å². The Bertz CT molecular complexity index is 656. The molecule has 1 heterocycles. The molecule has 2 N–H and O–H groups in total. The lowest BCUT2D eigenvalue weighted by Gasteiger charge is -2.11. The Morgan fingerprint density at radius 3 is 2.65 bits per heavy atom. The lowest BCUT2D eigenvalue weighted by Crippen LogP contribution is -2.07. The van der Waals surface area contributed by atoms with E-state index in [4.69, 9.17) is 9.84 Å². The molecule has 0 saturated carbocycles. The molecule has 20 heavy (non-hydrogen) atoms. The van der Waals surface area contributed by atoms with Crippen molar-refractivity contribution in [2.24, 2.45) is 0 Å². The average Bonchev–Trinajstić information content (AvgIpc) is 2.38. The van der Waals surface area contributed by atoms with Crippen LogP contribution in [0, 0.1) is 13.8 Å². The molecule has 0 fully saturated rings. The zero-order chi connectivity index (χ0) is 14.7. The smallest absolute Gasteiger partial charge is 0.354 e. The SMILES string of the molecule is COc1ccc(C)cc1Nc1nc(C)cc(C(=O)O)n1. The standard InChI is InChI=1S/C14H15N3O3/c1-8-4-5-12(20-3)10(6-8)16-14-15-9(2)7-11(17-14)13(18)19/h4-7H,1-3H3,(H,18,19)(H,15,16,17). The number of carboxylic acids is 1. The summed E-state index contributed by atoms with van der Waals surface area (Å²) in [5, 5.41) is 12.0. The second kappa shape index (κ2) is 5.56. The fourth-order valence-electron chi connectivity index (χ4n) is 1.77. The second-order valence-corrected chi connectivity index (χ2v) is 4.35. The third-order valence-electron chi connectivity index (χ3n) is 2.67. The maximum absolute atomic E-state index is 11.0. The number of nitrogens with zero attached hydrogens (tertiary/aromatic N) is 2. The quantitative estimate of drug-likeness (QED) is 0.890. The van der Waals surface area contributed by atoms with Gasteiger partial charge in [-0.25, -0.2) is 14.8 Å². The van der Waals surface area contributed by atoms with Crippen molar-refractivity contribution >= 4 is 17.6 Å². The summed E-state index contributed by atoms with van der Waals surface area (Å²) in [5.41, 5.74) is 2.26. The molecule has 0 atom stereocenters. The number of ether oxygens (including phenoxy) is 1. The number of benzene rings is 1. The molecule has 104 valence electrons. The molecular formula is C14H15N3O3. The monoisotopic (exact) mass is 273 g/mol. The zero-order valence-corrected chi connectivity index (χ0v) is 11.5. The van der Waals surface area contributed by atoms with Gasteiger partial charge < -0.3 is 15.2 Å². The molecule has 6 heteroatoms. The van der Waals surface area contributed by atoms with Crippen LogP contribution in [-0.4, -0.2) is 28.2 Å². The summed E-state index contributed by atoms with van der Waals surface area (Å²) in [7, 11) is 1.57. The first kappa shape index (κ1) is 13.8. The second-order valence-electron chi connectivity index (χ2n) is 4.35. The van der Waals surface area contributed by atoms with Gasteiger partial charge in [0.2, 0.25) is 5.95 Å². The molecule has 0 aliphatic rings. The van der Waals surface area contributed by atoms with Gasteiger partial charge in [0.05, 0.1) is 12.8 Å². The number of aromatic nitrogens is 2. The van der Waals surface area contributed by atoms with E-state index in [1.54, 1.807) is 14.0 Å². The highest BCUT2D eigenvalue weighted by Crippen LogP contribution is 2.27. The maximum atomic E-state index is 11.0. The van der Waals surface area contributed by atoms with Crippen molar-refractivity contribution in [3.8, 4) is 5.75 Å². The minimum Gasteiger partial charge on any atom is -0.495 e. The number of carbonyl (C=O) groups is 1. The van der Waals surface area contributed by atoms with E-state index in [0.29, 0.717) is 17.1 Å². The Morgan fingerprint density at radius 2 is 2.00 bits per heavy atom. The lowest BCUT2D eigenvalue weighted by molar-refractivity contribution is 0.0690. The molecule has 0 bridgehead atoms. The summed E-state index contributed by atoms with van der Waals surface area (Å²) in [4.78, 5) is 19.1. The summed E-state index contributed by atoms with van der Waals surface area (Å²) < 4.78 is 5.25. The summed E-state index contributed by atoms with van der Waals surface area (Å²) in [6, 6.07) is 7.04. The van der Waals surface area contributed by atoms with Crippen molar-refractivity contribution in [1.29, 1.82) is 0 Å². The topological polar surface area (TPSA) is 84.3 Å². The third kappa shape index (κ3) is 3.03. The number of aryl methyl sites for hydroxylation is 2. The van der Waals surface area contributed by atoms with E-state index < -0.39 is 5.97 Å². The first-order valence-electron chi connectivity index (χ1n) is 6.00. The minimum atomic E-state index is -1.09. The highest BCUT2D eigenvalue weighted by atomic mass is 16.5. The van der Waals surface area contributed by atoms with Crippen molar-refractivity contribution in [3.05, 3.63) is 41.2 Å². The van der Waals surface area contributed by atoms with Crippen LogP contribution in [-0.2, 0) is 0 Å². The highest BCUT2D eigenvalue weighted by molar-refractivity contribution is 5.85. The van der Waals surface area contributed by atoms with Crippen molar-refractivity contribution in [2.45, 2.75) is 13.8 Å². The molecule has 6 nitrogen and oxygen atoms in total. The van der Waals surface area contributed by atoms with Gasteiger partial charge >= 0.3 is 5.97 Å². The number of anilines is 2. The van der Waals surface area contributed by atoms with Crippen LogP contribution in [0.5, 0.6) is 5.75 Å². The normalized spacial score (nSPS) is 10.2. The van der Waals surface area contributed by atoms with Crippen LogP contribution in [0.4, 0.5) is 11.6 Å². The number of hydrogen-bond acceptors (Lipinski definition) is 5. The van der Waals surface area contributed by atoms with Gasteiger partial charge in [0.15, 0.2) is 5.69 Å². The van der Waals surface area contributed by atoms with E-state index in [1.807, 2.05) is 25.1 Å². The molecule has 0 aliphatic carbocycles. The molecule has 2 rings (SSSR count). The van der Waals surface area contributed by atoms with Gasteiger partial charge in [-0.15, -0.1) is 0 Å². The Labute approximate surface area is 116 Å². The average molecular weight is 273 g/mol. The van der Waals surface area contributed by atoms with E-state index in [9.17, 15) is 4.79 Å². The van der Waals surface area contributed by atoms with Crippen LogP contribution in [0.3, 0.4) is 0 Å². The van der Waals surface area contributed by atoms with Gasteiger partial charge in [-0.3, -0.25) is 0 Å². The van der Waals surface area contributed by atoms with Crippen molar-refractivity contribution in [1.82, 2.24) is 9.97 Å². The van der Waals surface area contributed by atoms with Crippen LogP contribution in [0.15, 0.2) is 24.3 Å². The summed E-state index contributed by atoms with van der Waals surface area (Å²) in [5.74, 6) is -0.223. The van der Waals surface area contributed by atoms with Crippen LogP contribution in [0.2, 0.25) is 0 Å². The molecule has 0 saturated heterocycles. The lowest BCUT2D eigenvalue weighted by atomic mass is 10.2. The van der Waals surface area contributed by atoms with Gasteiger partial charge in [0.25, 0.3) is 0 Å². The summed E-state index contributed by atoms with van der Waals surface area (Å²) >= 11 is 0. The van der Waals surface area contributed by atoms with Crippen LogP contribution < -0.4 is 10.1 Å². The molecular weight excluding hydrogens is 258 g/mol. The number of nitrogens with one attached hydrogen (secondary N) is 1. The fourth-order valence-corrected chi connectivity index (χ4v) is 1.77. The summed E-state index contributed by atoms with van der Waals surface area (Å²) in [6.07, 6.45) is 0. The number of rotatable bonds is 4. The van der Waals surface area contributed by atoms with E-state index in [0.717, 1.165) is 5.56 Å². The van der Waals surface area contributed by atoms with Gasteiger partial charge in [0.1, 0.15) is 5.75 Å². The van der Waals surface area contributed by atoms with Crippen LogP contribution in [0.1, 0.15) is 21.7 Å². The Morgan fingerprint density at radius 1 is 1.25 bits per heavy atom. The Balaban J connectivity index is 2.39. The van der Waals surface area contributed by atoms with E-state index >= 15 is 0 Å². The Hall–Kier alpha value is -2.63. The predicted octanol–water partition coefficient (Wildman–Crippen LogP) is 2.54. The van der Waals surface area contributed by atoms with E-state index in [-0.39, 0.29) is 11.6 Å². The molecule has 0 amide bonds. The predicted molar refractivity (Wildman–Crippen MR) is 74.7 cm³/mol. The van der Waals surface area contributed by atoms with Crippen molar-refractivity contribution in [3.63, 3.8) is 0 Å². The first-order valence-corrected chi connectivity index (χ1v) is 6.00. The number of aromatic carboxylic acids is 1. The summed E-state index contributed by atoms with van der Waals surface area (Å²) in [6.45, 7) is 3.66. The van der Waals surface area contributed by atoms with Crippen LogP contribution in [0.25, 0.3) is 0 Å². The molecule has 0 unspecified atom stereocenters. The minimum absolute atomic E-state index is 0.0494.